The van der Waals surface area contributed by atoms with Crippen LogP contribution in [0.25, 0.3) is 0 Å². The summed E-state index contributed by atoms with van der Waals surface area (Å²) in [6, 6.07) is 4.07. The Bertz CT molecular complexity index is 785. The summed E-state index contributed by atoms with van der Waals surface area (Å²) < 4.78 is 28.0. The van der Waals surface area contributed by atoms with Crippen LogP contribution in [0.1, 0.15) is 49.4 Å². The zero-order valence-electron chi connectivity index (χ0n) is 15.7. The lowest BCUT2D eigenvalue weighted by Crippen LogP contribution is -2.46. The smallest absolute Gasteiger partial charge is 0.194 e. The lowest BCUT2D eigenvalue weighted by molar-refractivity contribution is 0.298. The van der Waals surface area contributed by atoms with E-state index in [1.807, 2.05) is 6.92 Å². The summed E-state index contributed by atoms with van der Waals surface area (Å²) in [6.07, 6.45) is 4.20. The van der Waals surface area contributed by atoms with Gasteiger partial charge in [0.25, 0.3) is 0 Å². The molecule has 9 heteroatoms. The van der Waals surface area contributed by atoms with Gasteiger partial charge in [0.05, 0.1) is 0 Å². The Morgan fingerprint density at radius 2 is 2.00 bits per heavy atom. The number of aromatic nitrogens is 3. The van der Waals surface area contributed by atoms with Gasteiger partial charge in [0.2, 0.25) is 0 Å². The van der Waals surface area contributed by atoms with E-state index >= 15 is 0 Å². The van der Waals surface area contributed by atoms with Gasteiger partial charge in [-0.2, -0.15) is 5.10 Å². The summed E-state index contributed by atoms with van der Waals surface area (Å²) >= 11 is 0. The van der Waals surface area contributed by atoms with Gasteiger partial charge in [-0.05, 0) is 38.3 Å². The minimum Gasteiger partial charge on any atom is -0.353 e. The molecule has 0 radical (unpaired) electrons. The number of likely N-dealkylation sites (tertiary alicyclic amines) is 1. The van der Waals surface area contributed by atoms with Crippen molar-refractivity contribution in [2.45, 2.75) is 44.1 Å². The topological polar surface area (TPSA) is 69.2 Å². The summed E-state index contributed by atoms with van der Waals surface area (Å²) in [5, 5.41) is 10.3. The number of hydrogen-bond donors (Lipinski definition) is 2. The Hall–Kier alpha value is -1.78. The zero-order chi connectivity index (χ0) is 18.8. The van der Waals surface area contributed by atoms with Crippen molar-refractivity contribution in [2.24, 2.45) is 4.99 Å². The maximum Gasteiger partial charge on any atom is 0.194 e. The van der Waals surface area contributed by atoms with Gasteiger partial charge >= 0.3 is 0 Å². The first kappa shape index (κ1) is 20.9. The SMILES string of the molecule is CCN=C(NC1CC1c1c(F)cccc1F)N1CCC(c2ncn[nH]2)CC1.I. The molecule has 4 rings (SSSR count). The molecule has 6 nitrogen and oxygen atoms in total. The van der Waals surface area contributed by atoms with E-state index in [2.05, 4.69) is 30.4 Å². The van der Waals surface area contributed by atoms with Gasteiger partial charge in [0.1, 0.15) is 23.8 Å². The molecule has 2 unspecified atom stereocenters. The highest BCUT2D eigenvalue weighted by molar-refractivity contribution is 14.0. The second-order valence-corrected chi connectivity index (χ2v) is 7.16. The molecule has 0 spiro atoms. The standard InChI is InChI=1S/C19H24F2N6.HI/c1-2-22-19(27-8-6-12(7-9-27)18-23-11-24-26-18)25-16-10-13(16)17-14(20)4-3-5-15(17)21;/h3-5,11-13,16H,2,6-10H2,1H3,(H,22,25)(H,23,24,26);1H. The highest BCUT2D eigenvalue weighted by Gasteiger charge is 2.43. The Morgan fingerprint density at radius 3 is 2.61 bits per heavy atom. The lowest BCUT2D eigenvalue weighted by atomic mass is 9.96. The summed E-state index contributed by atoms with van der Waals surface area (Å²) in [5.74, 6) is 1.08. The Labute approximate surface area is 180 Å². The minimum atomic E-state index is -0.467. The zero-order valence-corrected chi connectivity index (χ0v) is 18.1. The fourth-order valence-electron chi connectivity index (χ4n) is 3.87. The molecule has 2 fully saturated rings. The highest BCUT2D eigenvalue weighted by Crippen LogP contribution is 2.43. The monoisotopic (exact) mass is 502 g/mol. The van der Waals surface area contributed by atoms with Gasteiger partial charge in [-0.15, -0.1) is 24.0 Å². The number of piperidine rings is 1. The summed E-state index contributed by atoms with van der Waals surface area (Å²) in [7, 11) is 0. The third-order valence-electron chi connectivity index (χ3n) is 5.40. The van der Waals surface area contributed by atoms with Crippen molar-refractivity contribution in [2.75, 3.05) is 19.6 Å². The number of hydrogen-bond acceptors (Lipinski definition) is 3. The number of nitrogens with zero attached hydrogens (tertiary/aromatic N) is 4. The van der Waals surface area contributed by atoms with Crippen molar-refractivity contribution in [1.29, 1.82) is 0 Å². The van der Waals surface area contributed by atoms with Gasteiger partial charge in [0.15, 0.2) is 5.96 Å². The summed E-state index contributed by atoms with van der Waals surface area (Å²) in [4.78, 5) is 11.1. The molecular formula is C19H25F2IN6. The summed E-state index contributed by atoms with van der Waals surface area (Å²) in [5.41, 5.74) is 0.190. The van der Waals surface area contributed by atoms with E-state index in [1.54, 1.807) is 6.33 Å². The molecule has 2 heterocycles. The van der Waals surface area contributed by atoms with Crippen LogP contribution < -0.4 is 5.32 Å². The molecule has 2 aromatic rings. The number of H-pyrrole nitrogens is 1. The molecule has 1 aromatic heterocycles. The number of halogens is 3. The molecule has 1 aliphatic heterocycles. The van der Waals surface area contributed by atoms with Crippen LogP contribution in [0, 0.1) is 11.6 Å². The fraction of sp³-hybridized carbons (Fsp3) is 0.526. The van der Waals surface area contributed by atoms with Crippen LogP contribution in [0.5, 0.6) is 0 Å². The lowest BCUT2D eigenvalue weighted by Gasteiger charge is -2.33. The Kier molecular flexibility index (Phi) is 6.84. The predicted octanol–water partition coefficient (Wildman–Crippen LogP) is 3.40. The van der Waals surface area contributed by atoms with Crippen LogP contribution in [0.3, 0.4) is 0 Å². The average molecular weight is 502 g/mol. The van der Waals surface area contributed by atoms with Crippen LogP contribution in [-0.4, -0.2) is 51.7 Å². The second-order valence-electron chi connectivity index (χ2n) is 7.16. The number of rotatable bonds is 4. The summed E-state index contributed by atoms with van der Waals surface area (Å²) in [6.45, 7) is 4.38. The molecule has 2 N–H and O–H groups in total. The quantitative estimate of drug-likeness (QED) is 0.382. The first-order valence-electron chi connectivity index (χ1n) is 9.52. The van der Waals surface area contributed by atoms with Gasteiger partial charge in [0, 0.05) is 43.1 Å². The largest absolute Gasteiger partial charge is 0.353 e. The van der Waals surface area contributed by atoms with Gasteiger partial charge in [-0.1, -0.05) is 6.07 Å². The van der Waals surface area contributed by atoms with E-state index < -0.39 is 11.6 Å². The number of aromatic amines is 1. The van der Waals surface area contributed by atoms with Crippen LogP contribution in [0.15, 0.2) is 29.5 Å². The number of benzene rings is 1. The fourth-order valence-corrected chi connectivity index (χ4v) is 3.87. The first-order valence-corrected chi connectivity index (χ1v) is 9.52. The highest BCUT2D eigenvalue weighted by atomic mass is 127. The molecule has 1 saturated carbocycles. The molecule has 152 valence electrons. The average Bonchev–Trinajstić information content (AvgIpc) is 3.18. The van der Waals surface area contributed by atoms with E-state index in [0.29, 0.717) is 12.5 Å². The van der Waals surface area contributed by atoms with E-state index in [9.17, 15) is 8.78 Å². The maximum absolute atomic E-state index is 14.0. The van der Waals surface area contributed by atoms with Crippen molar-refractivity contribution in [3.63, 3.8) is 0 Å². The normalized spacial score (nSPS) is 22.7. The molecule has 2 aliphatic rings. The van der Waals surface area contributed by atoms with Crippen molar-refractivity contribution >= 4 is 29.9 Å². The van der Waals surface area contributed by atoms with Gasteiger partial charge in [-0.3, -0.25) is 10.1 Å². The van der Waals surface area contributed by atoms with Crippen LogP contribution in [0.4, 0.5) is 8.78 Å². The Balaban J connectivity index is 0.00000225. The number of guanidine groups is 1. The maximum atomic E-state index is 14.0. The van der Waals surface area contributed by atoms with Crippen molar-refractivity contribution < 1.29 is 8.78 Å². The molecule has 1 saturated heterocycles. The first-order chi connectivity index (χ1) is 13.2. The van der Waals surface area contributed by atoms with Crippen molar-refractivity contribution in [3.05, 3.63) is 47.5 Å². The van der Waals surface area contributed by atoms with E-state index in [-0.39, 0.29) is 41.5 Å². The van der Waals surface area contributed by atoms with Gasteiger partial charge in [-0.25, -0.2) is 13.8 Å². The third kappa shape index (κ3) is 4.44. The second kappa shape index (κ2) is 9.15. The minimum absolute atomic E-state index is 0. The predicted molar refractivity (Wildman–Crippen MR) is 114 cm³/mol. The van der Waals surface area contributed by atoms with Crippen LogP contribution in [0.2, 0.25) is 0 Å². The van der Waals surface area contributed by atoms with E-state index in [4.69, 9.17) is 0 Å². The molecule has 0 amide bonds. The van der Waals surface area contributed by atoms with Gasteiger partial charge < -0.3 is 10.2 Å². The molecule has 1 aliphatic carbocycles. The third-order valence-corrected chi connectivity index (χ3v) is 5.40. The molecule has 0 bridgehead atoms. The Morgan fingerprint density at radius 1 is 1.29 bits per heavy atom. The number of aliphatic imine (C=N–C) groups is 1. The van der Waals surface area contributed by atoms with Crippen LogP contribution >= 0.6 is 24.0 Å². The van der Waals surface area contributed by atoms with Crippen LogP contribution in [-0.2, 0) is 0 Å². The molecular weight excluding hydrogens is 477 g/mol. The van der Waals surface area contributed by atoms with Crippen molar-refractivity contribution in [1.82, 2.24) is 25.4 Å². The van der Waals surface area contributed by atoms with E-state index in [1.165, 1.54) is 18.2 Å². The molecule has 28 heavy (non-hydrogen) atoms. The van der Waals surface area contributed by atoms with Crippen molar-refractivity contribution in [3.8, 4) is 0 Å². The number of nitrogens with one attached hydrogen (secondary N) is 2. The molecule has 2 atom stereocenters. The van der Waals surface area contributed by atoms with E-state index in [0.717, 1.165) is 44.1 Å². The molecule has 1 aromatic carbocycles.